The minimum atomic E-state index is -0.573. The SMILES string of the molecule is CCCCCCCCCCCCCCCCOc1ccc(/C=C/C(=O)Oc2ccc(C(=O)Oc3ccc(C(=O)O[C@@H](C)CCCCCC)cc3)cc2)cc1. The van der Waals surface area contributed by atoms with Gasteiger partial charge in [0.2, 0.25) is 0 Å². The molecule has 0 aliphatic carbocycles. The highest BCUT2D eigenvalue weighted by atomic mass is 16.5. The number of unbranched alkanes of at least 4 members (excludes halogenated alkanes) is 16. The fourth-order valence-corrected chi connectivity index (χ4v) is 6.13. The Morgan fingerprint density at radius 3 is 1.50 bits per heavy atom. The molecule has 0 N–H and O–H groups in total. The van der Waals surface area contributed by atoms with Gasteiger partial charge in [-0.25, -0.2) is 14.4 Å². The lowest BCUT2D eigenvalue weighted by Gasteiger charge is -2.13. The lowest BCUT2D eigenvalue weighted by atomic mass is 10.0. The van der Waals surface area contributed by atoms with Gasteiger partial charge in [-0.15, -0.1) is 0 Å². The number of carbonyl (C=O) groups excluding carboxylic acids is 3. The Bertz CT molecular complexity index is 1490. The molecule has 0 aliphatic rings. The lowest BCUT2D eigenvalue weighted by molar-refractivity contribution is -0.128. The quantitative estimate of drug-likeness (QED) is 0.0317. The number of ether oxygens (including phenoxy) is 4. The van der Waals surface area contributed by atoms with Crippen LogP contribution in [0.15, 0.2) is 78.9 Å². The van der Waals surface area contributed by atoms with Crippen LogP contribution in [0, 0.1) is 0 Å². The fourth-order valence-electron chi connectivity index (χ4n) is 6.13. The predicted molar refractivity (Wildman–Crippen MR) is 218 cm³/mol. The monoisotopic (exact) mass is 740 g/mol. The molecule has 3 aromatic carbocycles. The highest BCUT2D eigenvalue weighted by Crippen LogP contribution is 2.20. The van der Waals surface area contributed by atoms with Crippen molar-refractivity contribution in [1.29, 1.82) is 0 Å². The summed E-state index contributed by atoms with van der Waals surface area (Å²) in [6, 6.07) is 20.0. The molecule has 0 heterocycles. The summed E-state index contributed by atoms with van der Waals surface area (Å²) in [6.07, 6.45) is 26.9. The van der Waals surface area contributed by atoms with E-state index in [0.29, 0.717) is 23.7 Å². The molecule has 0 saturated heterocycles. The zero-order chi connectivity index (χ0) is 38.6. The Hall–Kier alpha value is -4.39. The summed E-state index contributed by atoms with van der Waals surface area (Å²) in [5.74, 6) is -0.0867. The molecule has 7 nitrogen and oxygen atoms in total. The van der Waals surface area contributed by atoms with Gasteiger partial charge in [0, 0.05) is 6.08 Å². The minimum Gasteiger partial charge on any atom is -0.494 e. The van der Waals surface area contributed by atoms with Crippen LogP contribution >= 0.6 is 0 Å². The van der Waals surface area contributed by atoms with E-state index in [1.165, 1.54) is 120 Å². The van der Waals surface area contributed by atoms with Gasteiger partial charge < -0.3 is 18.9 Å². The minimum absolute atomic E-state index is 0.156. The van der Waals surface area contributed by atoms with E-state index in [1.54, 1.807) is 30.3 Å². The molecule has 0 radical (unpaired) electrons. The average molecular weight is 741 g/mol. The second-order valence-electron chi connectivity index (χ2n) is 14.3. The van der Waals surface area contributed by atoms with Crippen molar-refractivity contribution in [3.8, 4) is 17.2 Å². The van der Waals surface area contributed by atoms with Gasteiger partial charge in [-0.3, -0.25) is 0 Å². The van der Waals surface area contributed by atoms with Crippen LogP contribution in [0.1, 0.15) is 169 Å². The largest absolute Gasteiger partial charge is 0.494 e. The van der Waals surface area contributed by atoms with Crippen molar-refractivity contribution in [2.45, 2.75) is 149 Å². The van der Waals surface area contributed by atoms with E-state index in [2.05, 4.69) is 13.8 Å². The van der Waals surface area contributed by atoms with Crippen LogP contribution in [0.5, 0.6) is 17.2 Å². The summed E-state index contributed by atoms with van der Waals surface area (Å²) in [7, 11) is 0. The van der Waals surface area contributed by atoms with Crippen LogP contribution < -0.4 is 14.2 Å². The molecule has 0 amide bonds. The Morgan fingerprint density at radius 1 is 0.519 bits per heavy atom. The molecule has 0 saturated carbocycles. The molecular weight excluding hydrogens is 677 g/mol. The maximum Gasteiger partial charge on any atom is 0.343 e. The number of esters is 3. The van der Waals surface area contributed by atoms with E-state index >= 15 is 0 Å². The Kier molecular flexibility index (Phi) is 22.2. The van der Waals surface area contributed by atoms with Crippen LogP contribution in [0.25, 0.3) is 6.08 Å². The standard InChI is InChI=1S/C47H64O7/c1-4-6-8-10-11-12-13-14-15-16-17-18-19-21-37-51-42-30-23-39(24-31-42)25-36-45(48)53-43-32-26-41(27-33-43)47(50)54-44-34-28-40(29-35-44)46(49)52-38(3)22-20-9-7-5-2/h23-36,38H,4-22,37H2,1-3H3/b36-25+/t38-/m0/s1. The van der Waals surface area contributed by atoms with Crippen LogP contribution in [-0.4, -0.2) is 30.6 Å². The van der Waals surface area contributed by atoms with Crippen molar-refractivity contribution in [2.75, 3.05) is 6.61 Å². The van der Waals surface area contributed by atoms with Gasteiger partial charge >= 0.3 is 17.9 Å². The van der Waals surface area contributed by atoms with E-state index in [9.17, 15) is 14.4 Å². The van der Waals surface area contributed by atoms with Crippen LogP contribution in [-0.2, 0) is 9.53 Å². The van der Waals surface area contributed by atoms with E-state index in [4.69, 9.17) is 18.9 Å². The van der Waals surface area contributed by atoms with Crippen LogP contribution in [0.3, 0.4) is 0 Å². The molecule has 0 bridgehead atoms. The third-order valence-corrected chi connectivity index (χ3v) is 9.44. The molecule has 3 rings (SSSR count). The van der Waals surface area contributed by atoms with Crippen molar-refractivity contribution >= 4 is 24.0 Å². The van der Waals surface area contributed by atoms with Gasteiger partial charge in [-0.05, 0) is 98.5 Å². The van der Waals surface area contributed by atoms with Gasteiger partial charge in [-0.1, -0.05) is 129 Å². The molecule has 0 aromatic heterocycles. The van der Waals surface area contributed by atoms with E-state index in [0.717, 1.165) is 43.4 Å². The maximum atomic E-state index is 12.7. The molecule has 3 aromatic rings. The van der Waals surface area contributed by atoms with Crippen molar-refractivity contribution in [2.24, 2.45) is 0 Å². The first kappa shape index (κ1) is 44.0. The third-order valence-electron chi connectivity index (χ3n) is 9.44. The normalized spacial score (nSPS) is 11.7. The summed E-state index contributed by atoms with van der Waals surface area (Å²) in [4.78, 5) is 37.6. The molecule has 0 aliphatic heterocycles. The smallest absolute Gasteiger partial charge is 0.343 e. The summed E-state index contributed by atoms with van der Waals surface area (Å²) >= 11 is 0. The first-order chi connectivity index (χ1) is 26.4. The number of hydrogen-bond acceptors (Lipinski definition) is 7. The van der Waals surface area contributed by atoms with Crippen molar-refractivity contribution in [3.05, 3.63) is 95.6 Å². The summed E-state index contributed by atoms with van der Waals surface area (Å²) in [5, 5.41) is 0. The Labute approximate surface area is 324 Å². The summed E-state index contributed by atoms with van der Waals surface area (Å²) in [5.41, 5.74) is 1.54. The zero-order valence-electron chi connectivity index (χ0n) is 33.2. The topological polar surface area (TPSA) is 88.1 Å². The number of benzene rings is 3. The molecule has 7 heteroatoms. The van der Waals surface area contributed by atoms with Crippen molar-refractivity contribution in [1.82, 2.24) is 0 Å². The summed E-state index contributed by atoms with van der Waals surface area (Å²) in [6.45, 7) is 7.05. The van der Waals surface area contributed by atoms with Gasteiger partial charge in [0.25, 0.3) is 0 Å². The first-order valence-corrected chi connectivity index (χ1v) is 20.6. The number of rotatable bonds is 28. The zero-order valence-corrected chi connectivity index (χ0v) is 33.2. The highest BCUT2D eigenvalue weighted by Gasteiger charge is 2.14. The van der Waals surface area contributed by atoms with Gasteiger partial charge in [-0.2, -0.15) is 0 Å². The number of carbonyl (C=O) groups is 3. The molecule has 0 fully saturated rings. The molecule has 1 atom stereocenters. The Morgan fingerprint density at radius 2 is 0.963 bits per heavy atom. The second kappa shape index (κ2) is 27.2. The van der Waals surface area contributed by atoms with Crippen LogP contribution in [0.2, 0.25) is 0 Å². The molecule has 0 spiro atoms. The van der Waals surface area contributed by atoms with Gasteiger partial charge in [0.15, 0.2) is 0 Å². The first-order valence-electron chi connectivity index (χ1n) is 20.6. The molecule has 54 heavy (non-hydrogen) atoms. The second-order valence-corrected chi connectivity index (χ2v) is 14.3. The lowest BCUT2D eigenvalue weighted by Crippen LogP contribution is -2.15. The average Bonchev–Trinajstić information content (AvgIpc) is 3.18. The Balaban J connectivity index is 1.28. The van der Waals surface area contributed by atoms with Crippen LogP contribution in [0.4, 0.5) is 0 Å². The highest BCUT2D eigenvalue weighted by molar-refractivity contribution is 5.92. The van der Waals surface area contributed by atoms with Crippen molar-refractivity contribution in [3.63, 3.8) is 0 Å². The van der Waals surface area contributed by atoms with E-state index in [1.807, 2.05) is 31.2 Å². The molecule has 0 unspecified atom stereocenters. The maximum absolute atomic E-state index is 12.7. The van der Waals surface area contributed by atoms with Gasteiger partial charge in [0.1, 0.15) is 17.2 Å². The van der Waals surface area contributed by atoms with Crippen molar-refractivity contribution < 1.29 is 33.3 Å². The summed E-state index contributed by atoms with van der Waals surface area (Å²) < 4.78 is 22.3. The van der Waals surface area contributed by atoms with Gasteiger partial charge in [0.05, 0.1) is 23.8 Å². The fraction of sp³-hybridized carbons (Fsp3) is 0.511. The van der Waals surface area contributed by atoms with E-state index < -0.39 is 17.9 Å². The molecular formula is C47H64O7. The third kappa shape index (κ3) is 19.1. The van der Waals surface area contributed by atoms with E-state index in [-0.39, 0.29) is 11.7 Å². The number of hydrogen-bond donors (Lipinski definition) is 0. The molecule has 294 valence electrons. The predicted octanol–water partition coefficient (Wildman–Crippen LogP) is 12.9.